The fraction of sp³-hybridized carbons (Fsp3) is 0.643. The zero-order valence-corrected chi connectivity index (χ0v) is 11.3. The van der Waals surface area contributed by atoms with Crippen molar-refractivity contribution < 1.29 is 14.3 Å². The minimum absolute atomic E-state index is 0.0364. The van der Waals surface area contributed by atoms with Crippen LogP contribution in [0.4, 0.5) is 0 Å². The first-order chi connectivity index (χ1) is 8.56. The first-order valence-corrected chi connectivity index (χ1v) is 6.48. The van der Waals surface area contributed by atoms with Crippen molar-refractivity contribution in [3.05, 3.63) is 24.0 Å². The second kappa shape index (κ2) is 5.67. The van der Waals surface area contributed by atoms with E-state index in [1.807, 2.05) is 43.8 Å². The van der Waals surface area contributed by atoms with Gasteiger partial charge in [0.25, 0.3) is 0 Å². The summed E-state index contributed by atoms with van der Waals surface area (Å²) < 4.78 is 13.2. The van der Waals surface area contributed by atoms with Crippen LogP contribution < -0.4 is 0 Å². The van der Waals surface area contributed by atoms with Gasteiger partial charge in [-0.3, -0.25) is 4.79 Å². The fourth-order valence-electron chi connectivity index (χ4n) is 2.50. The standard InChI is InChI=1S/C14H21NO3/c1-10-7-12(8-11(2)18-10)17-9-14(16)13-5-4-6-15(13)3/h4-6,10-12H,7-9H2,1-3H3. The lowest BCUT2D eigenvalue weighted by molar-refractivity contribution is -0.0975. The van der Waals surface area contributed by atoms with Crippen LogP contribution >= 0.6 is 0 Å². The predicted molar refractivity (Wildman–Crippen MR) is 68.7 cm³/mol. The molecule has 0 amide bonds. The summed E-state index contributed by atoms with van der Waals surface area (Å²) in [6, 6.07) is 3.69. The topological polar surface area (TPSA) is 40.5 Å². The predicted octanol–water partition coefficient (Wildman–Crippen LogP) is 2.18. The van der Waals surface area contributed by atoms with Crippen LogP contribution in [0.25, 0.3) is 0 Å². The number of rotatable bonds is 4. The van der Waals surface area contributed by atoms with Crippen molar-refractivity contribution in [1.82, 2.24) is 4.57 Å². The monoisotopic (exact) mass is 251 g/mol. The van der Waals surface area contributed by atoms with Crippen molar-refractivity contribution in [1.29, 1.82) is 0 Å². The Morgan fingerprint density at radius 1 is 1.44 bits per heavy atom. The Bertz CT molecular complexity index is 403. The third-order valence-electron chi connectivity index (χ3n) is 3.33. The molecule has 1 aliphatic heterocycles. The molecule has 2 heterocycles. The summed E-state index contributed by atoms with van der Waals surface area (Å²) in [5.41, 5.74) is 0.697. The third-order valence-corrected chi connectivity index (χ3v) is 3.33. The van der Waals surface area contributed by atoms with Gasteiger partial charge in [0.05, 0.1) is 24.0 Å². The van der Waals surface area contributed by atoms with Crippen LogP contribution in [-0.2, 0) is 16.5 Å². The molecule has 2 rings (SSSR count). The van der Waals surface area contributed by atoms with E-state index < -0.39 is 0 Å². The molecule has 100 valence electrons. The van der Waals surface area contributed by atoms with Gasteiger partial charge in [0.1, 0.15) is 6.61 Å². The van der Waals surface area contributed by atoms with Gasteiger partial charge in [-0.1, -0.05) is 0 Å². The second-order valence-corrected chi connectivity index (χ2v) is 5.09. The van der Waals surface area contributed by atoms with E-state index in [1.54, 1.807) is 0 Å². The van der Waals surface area contributed by atoms with E-state index in [1.165, 1.54) is 0 Å². The highest BCUT2D eigenvalue weighted by Gasteiger charge is 2.25. The Labute approximate surface area is 108 Å². The van der Waals surface area contributed by atoms with Gasteiger partial charge in [-0.25, -0.2) is 0 Å². The van der Waals surface area contributed by atoms with E-state index >= 15 is 0 Å². The molecule has 1 saturated heterocycles. The molecule has 4 nitrogen and oxygen atoms in total. The van der Waals surface area contributed by atoms with Gasteiger partial charge in [0.2, 0.25) is 5.78 Å². The van der Waals surface area contributed by atoms with Gasteiger partial charge >= 0.3 is 0 Å². The summed E-state index contributed by atoms with van der Waals surface area (Å²) >= 11 is 0. The minimum atomic E-state index is 0.0364. The zero-order chi connectivity index (χ0) is 13.1. The Morgan fingerprint density at radius 2 is 2.11 bits per heavy atom. The van der Waals surface area contributed by atoms with Gasteiger partial charge in [-0.15, -0.1) is 0 Å². The van der Waals surface area contributed by atoms with Crippen molar-refractivity contribution in [3.63, 3.8) is 0 Å². The summed E-state index contributed by atoms with van der Waals surface area (Å²) in [5.74, 6) is 0.0364. The Hall–Kier alpha value is -1.13. The van der Waals surface area contributed by atoms with Crippen LogP contribution in [0, 0.1) is 0 Å². The molecule has 2 atom stereocenters. The molecule has 0 aromatic carbocycles. The highest BCUT2D eigenvalue weighted by molar-refractivity contribution is 5.95. The zero-order valence-electron chi connectivity index (χ0n) is 11.3. The Morgan fingerprint density at radius 3 is 2.67 bits per heavy atom. The first kappa shape index (κ1) is 13.3. The molecule has 0 saturated carbocycles. The van der Waals surface area contributed by atoms with Crippen molar-refractivity contribution in [2.75, 3.05) is 6.61 Å². The number of nitrogens with zero attached hydrogens (tertiary/aromatic N) is 1. The van der Waals surface area contributed by atoms with Crippen LogP contribution in [0.3, 0.4) is 0 Å². The molecule has 1 aromatic rings. The average Bonchev–Trinajstić information content (AvgIpc) is 2.71. The number of carbonyl (C=O) groups excluding carboxylic acids is 1. The number of hydrogen-bond donors (Lipinski definition) is 0. The lowest BCUT2D eigenvalue weighted by atomic mass is 10.0. The lowest BCUT2D eigenvalue weighted by Crippen LogP contribution is -2.35. The molecule has 4 heteroatoms. The number of Topliss-reactive ketones (excluding diaryl/α,β-unsaturated/α-hetero) is 1. The SMILES string of the molecule is CC1CC(OCC(=O)c2cccn2C)CC(C)O1. The maximum Gasteiger partial charge on any atom is 0.204 e. The highest BCUT2D eigenvalue weighted by atomic mass is 16.5. The molecular weight excluding hydrogens is 230 g/mol. The van der Waals surface area contributed by atoms with Crippen molar-refractivity contribution in [2.45, 2.75) is 45.0 Å². The largest absolute Gasteiger partial charge is 0.375 e. The van der Waals surface area contributed by atoms with E-state index in [0.717, 1.165) is 12.8 Å². The molecule has 0 N–H and O–H groups in total. The van der Waals surface area contributed by atoms with Crippen LogP contribution in [0.15, 0.2) is 18.3 Å². The smallest absolute Gasteiger partial charge is 0.204 e. The maximum atomic E-state index is 12.0. The number of ether oxygens (including phenoxy) is 2. The van der Waals surface area contributed by atoms with E-state index in [9.17, 15) is 4.79 Å². The highest BCUT2D eigenvalue weighted by Crippen LogP contribution is 2.21. The average molecular weight is 251 g/mol. The van der Waals surface area contributed by atoms with Crippen molar-refractivity contribution in [2.24, 2.45) is 7.05 Å². The van der Waals surface area contributed by atoms with Crippen LogP contribution in [-0.4, -0.2) is 35.3 Å². The second-order valence-electron chi connectivity index (χ2n) is 5.09. The van der Waals surface area contributed by atoms with Crippen LogP contribution in [0.2, 0.25) is 0 Å². The number of aromatic nitrogens is 1. The molecular formula is C14H21NO3. The van der Waals surface area contributed by atoms with Gasteiger partial charge < -0.3 is 14.0 Å². The molecule has 0 bridgehead atoms. The first-order valence-electron chi connectivity index (χ1n) is 6.48. The van der Waals surface area contributed by atoms with Gasteiger partial charge in [0.15, 0.2) is 0 Å². The summed E-state index contributed by atoms with van der Waals surface area (Å²) in [7, 11) is 1.87. The van der Waals surface area contributed by atoms with Gasteiger partial charge in [-0.05, 0) is 38.8 Å². The van der Waals surface area contributed by atoms with Crippen LogP contribution in [0.5, 0.6) is 0 Å². The third kappa shape index (κ3) is 3.21. The molecule has 0 spiro atoms. The van der Waals surface area contributed by atoms with Gasteiger partial charge in [0, 0.05) is 13.2 Å². The Kier molecular flexibility index (Phi) is 4.19. The summed E-state index contributed by atoms with van der Waals surface area (Å²) in [6.07, 6.45) is 4.15. The molecule has 0 radical (unpaired) electrons. The fourth-order valence-corrected chi connectivity index (χ4v) is 2.50. The number of carbonyl (C=O) groups is 1. The van der Waals surface area contributed by atoms with E-state index in [4.69, 9.17) is 9.47 Å². The summed E-state index contributed by atoms with van der Waals surface area (Å²) in [4.78, 5) is 12.0. The molecule has 18 heavy (non-hydrogen) atoms. The molecule has 0 aliphatic carbocycles. The summed E-state index contributed by atoms with van der Waals surface area (Å²) in [6.45, 7) is 4.25. The van der Waals surface area contributed by atoms with E-state index in [0.29, 0.717) is 5.69 Å². The van der Waals surface area contributed by atoms with E-state index in [2.05, 4.69) is 0 Å². The van der Waals surface area contributed by atoms with Crippen molar-refractivity contribution >= 4 is 5.78 Å². The minimum Gasteiger partial charge on any atom is -0.375 e. The molecule has 2 unspecified atom stereocenters. The Balaban J connectivity index is 1.84. The normalized spacial score (nSPS) is 28.3. The van der Waals surface area contributed by atoms with E-state index in [-0.39, 0.29) is 30.7 Å². The molecule has 1 aromatic heterocycles. The number of aryl methyl sites for hydroxylation is 1. The molecule has 1 aliphatic rings. The maximum absolute atomic E-state index is 12.0. The number of ketones is 1. The molecule has 1 fully saturated rings. The summed E-state index contributed by atoms with van der Waals surface area (Å²) in [5, 5.41) is 0. The lowest BCUT2D eigenvalue weighted by Gasteiger charge is -2.31. The quantitative estimate of drug-likeness (QED) is 0.770. The van der Waals surface area contributed by atoms with Gasteiger partial charge in [-0.2, -0.15) is 0 Å². The van der Waals surface area contributed by atoms with Crippen LogP contribution in [0.1, 0.15) is 37.2 Å². The van der Waals surface area contributed by atoms with Crippen molar-refractivity contribution in [3.8, 4) is 0 Å². The number of hydrogen-bond acceptors (Lipinski definition) is 3.